The van der Waals surface area contributed by atoms with Crippen LogP contribution >= 0.6 is 11.6 Å². The quantitative estimate of drug-likeness (QED) is 0.836. The van der Waals surface area contributed by atoms with Crippen LogP contribution in [-0.4, -0.2) is 11.4 Å². The summed E-state index contributed by atoms with van der Waals surface area (Å²) in [7, 11) is 0. The number of nitrogens with two attached hydrogens (primary N) is 1. The molecule has 0 aromatic heterocycles. The zero-order chi connectivity index (χ0) is 11.8. The number of halogens is 2. The molecule has 1 aliphatic rings. The van der Waals surface area contributed by atoms with Gasteiger partial charge in [0.25, 0.3) is 0 Å². The van der Waals surface area contributed by atoms with Gasteiger partial charge in [0, 0.05) is 5.02 Å². The second kappa shape index (κ2) is 4.03. The lowest BCUT2D eigenvalue weighted by Crippen LogP contribution is -2.56. The predicted octanol–water partition coefficient (Wildman–Crippen LogP) is 2.30. The Labute approximate surface area is 97.8 Å². The van der Waals surface area contributed by atoms with E-state index in [9.17, 15) is 9.18 Å². The second-order valence-electron chi connectivity index (χ2n) is 4.09. The van der Waals surface area contributed by atoms with E-state index in [-0.39, 0.29) is 11.6 Å². The molecule has 2 rings (SSSR count). The van der Waals surface area contributed by atoms with Crippen LogP contribution in [0, 0.1) is 5.82 Å². The van der Waals surface area contributed by atoms with Gasteiger partial charge in [-0.1, -0.05) is 11.6 Å². The van der Waals surface area contributed by atoms with Crippen LogP contribution in [0.1, 0.15) is 19.3 Å². The highest BCUT2D eigenvalue weighted by atomic mass is 35.5. The van der Waals surface area contributed by atoms with E-state index in [0.29, 0.717) is 17.9 Å². The lowest BCUT2D eigenvalue weighted by atomic mass is 9.77. The third-order valence-corrected chi connectivity index (χ3v) is 3.11. The topological polar surface area (TPSA) is 55.1 Å². The van der Waals surface area contributed by atoms with Crippen LogP contribution in [0.25, 0.3) is 0 Å². The molecule has 0 saturated heterocycles. The maximum atomic E-state index is 13.3. The van der Waals surface area contributed by atoms with Gasteiger partial charge in [0.2, 0.25) is 5.91 Å². The molecule has 3 N–H and O–H groups in total. The normalized spacial score (nSPS) is 17.7. The van der Waals surface area contributed by atoms with Crippen LogP contribution in [0.15, 0.2) is 18.2 Å². The molecule has 0 unspecified atom stereocenters. The maximum Gasteiger partial charge on any atom is 0.244 e. The fourth-order valence-corrected chi connectivity index (χ4v) is 1.80. The molecule has 1 saturated carbocycles. The van der Waals surface area contributed by atoms with Crippen molar-refractivity contribution in [1.29, 1.82) is 0 Å². The molecule has 1 aromatic rings. The van der Waals surface area contributed by atoms with Crippen molar-refractivity contribution in [2.45, 2.75) is 24.8 Å². The number of benzene rings is 1. The van der Waals surface area contributed by atoms with Crippen molar-refractivity contribution in [2.24, 2.45) is 5.73 Å². The lowest BCUT2D eigenvalue weighted by molar-refractivity contribution is -0.123. The van der Waals surface area contributed by atoms with Crippen LogP contribution in [0.5, 0.6) is 0 Å². The molecular formula is C11H12ClFN2O. The minimum Gasteiger partial charge on any atom is -0.322 e. The average Bonchev–Trinajstić information content (AvgIpc) is 2.20. The summed E-state index contributed by atoms with van der Waals surface area (Å²) in [5.41, 5.74) is 5.05. The van der Waals surface area contributed by atoms with Crippen molar-refractivity contribution in [3.8, 4) is 0 Å². The van der Waals surface area contributed by atoms with E-state index >= 15 is 0 Å². The third-order valence-electron chi connectivity index (χ3n) is 2.87. The van der Waals surface area contributed by atoms with Crippen molar-refractivity contribution in [1.82, 2.24) is 0 Å². The van der Waals surface area contributed by atoms with Gasteiger partial charge in [-0.25, -0.2) is 4.39 Å². The van der Waals surface area contributed by atoms with Gasteiger partial charge in [-0.3, -0.25) is 4.79 Å². The average molecular weight is 243 g/mol. The van der Waals surface area contributed by atoms with Gasteiger partial charge in [0.05, 0.1) is 11.2 Å². The molecule has 1 fully saturated rings. The predicted molar refractivity (Wildman–Crippen MR) is 60.8 cm³/mol. The molecule has 1 amide bonds. The molecule has 0 aliphatic heterocycles. The first-order valence-corrected chi connectivity index (χ1v) is 5.44. The van der Waals surface area contributed by atoms with Gasteiger partial charge >= 0.3 is 0 Å². The zero-order valence-corrected chi connectivity index (χ0v) is 9.35. The number of rotatable bonds is 2. The van der Waals surface area contributed by atoms with Crippen molar-refractivity contribution in [2.75, 3.05) is 5.32 Å². The van der Waals surface area contributed by atoms with E-state index in [2.05, 4.69) is 5.32 Å². The fourth-order valence-electron chi connectivity index (χ4n) is 1.62. The molecule has 0 atom stereocenters. The summed E-state index contributed by atoms with van der Waals surface area (Å²) < 4.78 is 13.3. The first-order chi connectivity index (χ1) is 7.51. The number of anilines is 1. The Hall–Kier alpha value is -1.13. The minimum atomic E-state index is -0.839. The van der Waals surface area contributed by atoms with Crippen LogP contribution in [0.3, 0.4) is 0 Å². The van der Waals surface area contributed by atoms with Crippen molar-refractivity contribution < 1.29 is 9.18 Å². The summed E-state index contributed by atoms with van der Waals surface area (Å²) in [5, 5.41) is 2.84. The Balaban J connectivity index is 2.14. The molecule has 0 radical (unpaired) electrons. The highest BCUT2D eigenvalue weighted by Crippen LogP contribution is 2.31. The molecule has 1 aromatic carbocycles. The van der Waals surface area contributed by atoms with Crippen LogP contribution < -0.4 is 11.1 Å². The van der Waals surface area contributed by atoms with E-state index in [1.807, 2.05) is 0 Å². The number of carbonyl (C=O) groups is 1. The van der Waals surface area contributed by atoms with E-state index < -0.39 is 11.4 Å². The minimum absolute atomic E-state index is 0.0780. The van der Waals surface area contributed by atoms with Crippen LogP contribution in [0.4, 0.5) is 10.1 Å². The first kappa shape index (κ1) is 11.4. The van der Waals surface area contributed by atoms with E-state index in [1.165, 1.54) is 18.2 Å². The molecule has 5 heteroatoms. The molecular weight excluding hydrogens is 231 g/mol. The van der Waals surface area contributed by atoms with Crippen molar-refractivity contribution in [3.63, 3.8) is 0 Å². The molecule has 16 heavy (non-hydrogen) atoms. The summed E-state index contributed by atoms with van der Waals surface area (Å²) in [6, 6.07) is 4.01. The number of amides is 1. The Morgan fingerprint density at radius 3 is 2.75 bits per heavy atom. The van der Waals surface area contributed by atoms with E-state index in [1.54, 1.807) is 0 Å². The summed E-state index contributed by atoms with van der Waals surface area (Å²) in [6.45, 7) is 0. The Morgan fingerprint density at radius 2 is 2.19 bits per heavy atom. The zero-order valence-electron chi connectivity index (χ0n) is 8.59. The molecule has 0 bridgehead atoms. The van der Waals surface area contributed by atoms with E-state index in [0.717, 1.165) is 6.42 Å². The molecule has 0 spiro atoms. The Bertz CT molecular complexity index is 432. The van der Waals surface area contributed by atoms with Gasteiger partial charge < -0.3 is 11.1 Å². The highest BCUT2D eigenvalue weighted by Gasteiger charge is 2.40. The molecule has 1 aliphatic carbocycles. The van der Waals surface area contributed by atoms with Gasteiger partial charge in [0.1, 0.15) is 5.82 Å². The SMILES string of the molecule is NC1(C(=O)Nc2cc(Cl)ccc2F)CCC1. The number of hydrogen-bond donors (Lipinski definition) is 2. The largest absolute Gasteiger partial charge is 0.322 e. The summed E-state index contributed by atoms with van der Waals surface area (Å²) >= 11 is 5.71. The van der Waals surface area contributed by atoms with Crippen molar-refractivity contribution in [3.05, 3.63) is 29.0 Å². The fraction of sp³-hybridized carbons (Fsp3) is 0.364. The molecule has 3 nitrogen and oxygen atoms in total. The maximum absolute atomic E-state index is 13.3. The second-order valence-corrected chi connectivity index (χ2v) is 4.52. The number of nitrogens with one attached hydrogen (secondary N) is 1. The number of carbonyl (C=O) groups excluding carboxylic acids is 1. The summed E-state index contributed by atoms with van der Waals surface area (Å²) in [4.78, 5) is 11.7. The summed E-state index contributed by atoms with van der Waals surface area (Å²) in [5.74, 6) is -0.861. The van der Waals surface area contributed by atoms with E-state index in [4.69, 9.17) is 17.3 Å². The molecule has 0 heterocycles. The van der Waals surface area contributed by atoms with Gasteiger partial charge in [-0.2, -0.15) is 0 Å². The molecule has 86 valence electrons. The first-order valence-electron chi connectivity index (χ1n) is 5.07. The van der Waals surface area contributed by atoms with Gasteiger partial charge in [0.15, 0.2) is 0 Å². The standard InChI is InChI=1S/C11H12ClFN2O/c12-7-2-3-8(13)9(6-7)15-10(16)11(14)4-1-5-11/h2-3,6H,1,4-5,14H2,(H,15,16). The van der Waals surface area contributed by atoms with Gasteiger partial charge in [-0.05, 0) is 37.5 Å². The highest BCUT2D eigenvalue weighted by molar-refractivity contribution is 6.30. The monoisotopic (exact) mass is 242 g/mol. The Morgan fingerprint density at radius 1 is 1.50 bits per heavy atom. The number of hydrogen-bond acceptors (Lipinski definition) is 2. The smallest absolute Gasteiger partial charge is 0.244 e. The van der Waals surface area contributed by atoms with Gasteiger partial charge in [-0.15, -0.1) is 0 Å². The van der Waals surface area contributed by atoms with Crippen molar-refractivity contribution >= 4 is 23.2 Å². The lowest BCUT2D eigenvalue weighted by Gasteiger charge is -2.36. The summed E-state index contributed by atoms with van der Waals surface area (Å²) in [6.07, 6.45) is 2.21. The third kappa shape index (κ3) is 2.03. The Kier molecular flexibility index (Phi) is 2.86. The van der Waals surface area contributed by atoms with Crippen LogP contribution in [-0.2, 0) is 4.79 Å². The van der Waals surface area contributed by atoms with Crippen LogP contribution in [0.2, 0.25) is 5.02 Å².